The third kappa shape index (κ3) is 28.7. The van der Waals surface area contributed by atoms with E-state index in [2.05, 4.69) is 32.1 Å². The van der Waals surface area contributed by atoms with Crippen LogP contribution in [0.25, 0.3) is 0 Å². The quantitative estimate of drug-likeness (QED) is 0.0595. The predicted molar refractivity (Wildman–Crippen MR) is 174 cm³/mol. The first-order chi connectivity index (χ1) is 19.1. The molecule has 4 N–H and O–H groups in total. The topological polar surface area (TPSA) is 66.5 Å². The first kappa shape index (κ1) is 38.4. The monoisotopic (exact) mass is 550 g/mol. The second-order valence-corrected chi connectivity index (χ2v) is 12.1. The molecule has 0 aromatic carbocycles. The fourth-order valence-corrected chi connectivity index (χ4v) is 5.31. The lowest BCUT2D eigenvalue weighted by Gasteiger charge is -2.22. The zero-order valence-electron chi connectivity index (χ0n) is 26.6. The van der Waals surface area contributed by atoms with E-state index in [1.165, 1.54) is 148 Å². The maximum atomic E-state index is 10.4. The van der Waals surface area contributed by atoms with Crippen LogP contribution in [0.4, 0.5) is 0 Å². The maximum Gasteiger partial charge on any atom is 0.0897 e. The van der Waals surface area contributed by atoms with E-state index in [-0.39, 0.29) is 0 Å². The normalized spacial score (nSPS) is 14.5. The van der Waals surface area contributed by atoms with Crippen LogP contribution in [0.15, 0.2) is 24.3 Å². The Hall–Kier alpha value is -0.640. The number of allylic oxidation sites excluding steroid dienone is 3. The van der Waals surface area contributed by atoms with Crippen LogP contribution in [0.5, 0.6) is 0 Å². The molecule has 3 nitrogen and oxygen atoms in total. The lowest BCUT2D eigenvalue weighted by molar-refractivity contribution is 0.0710. The molecule has 3 heteroatoms. The van der Waals surface area contributed by atoms with Crippen LogP contribution in [-0.2, 0) is 0 Å². The van der Waals surface area contributed by atoms with Crippen molar-refractivity contribution in [1.82, 2.24) is 0 Å². The minimum Gasteiger partial charge on any atom is -0.391 e. The average molecular weight is 550 g/mol. The van der Waals surface area contributed by atoms with E-state index in [9.17, 15) is 10.2 Å². The first-order valence-electron chi connectivity index (χ1n) is 17.6. The van der Waals surface area contributed by atoms with Gasteiger partial charge in [-0.05, 0) is 44.9 Å². The third-order valence-corrected chi connectivity index (χ3v) is 8.16. The summed E-state index contributed by atoms with van der Waals surface area (Å²) in [5.74, 6) is 0. The van der Waals surface area contributed by atoms with Crippen LogP contribution in [-0.4, -0.2) is 28.5 Å². The zero-order chi connectivity index (χ0) is 28.7. The molecule has 0 saturated carbocycles. The summed E-state index contributed by atoms with van der Waals surface area (Å²) in [6.45, 7) is 4.55. The fourth-order valence-electron chi connectivity index (χ4n) is 5.31. The SMILES string of the molecule is CCCCCCCCC=CCCCCCCCCC(O)C(N)C(O)C=CCCCCCCCCCCCCC. The maximum absolute atomic E-state index is 10.4. The van der Waals surface area contributed by atoms with Crippen LogP contribution < -0.4 is 5.73 Å². The molecule has 0 aromatic heterocycles. The molecule has 0 bridgehead atoms. The summed E-state index contributed by atoms with van der Waals surface area (Å²) in [4.78, 5) is 0. The van der Waals surface area contributed by atoms with Crippen LogP contribution >= 0.6 is 0 Å². The minimum atomic E-state index is -0.748. The number of aliphatic hydroxyl groups is 2. The molecule has 232 valence electrons. The summed E-state index contributed by atoms with van der Waals surface area (Å²) in [6, 6.07) is -0.582. The van der Waals surface area contributed by atoms with Gasteiger partial charge in [-0.1, -0.05) is 167 Å². The Labute approximate surface area is 245 Å². The van der Waals surface area contributed by atoms with E-state index in [1.807, 2.05) is 0 Å². The molecule has 0 radical (unpaired) electrons. The molecule has 0 spiro atoms. The summed E-state index contributed by atoms with van der Waals surface area (Å²) in [7, 11) is 0. The molecule has 0 aliphatic heterocycles. The molecule has 3 unspecified atom stereocenters. The highest BCUT2D eigenvalue weighted by molar-refractivity contribution is 4.96. The van der Waals surface area contributed by atoms with E-state index in [4.69, 9.17) is 5.73 Å². The molecule has 39 heavy (non-hydrogen) atoms. The molecule has 0 aliphatic carbocycles. The molecule has 0 rings (SSSR count). The van der Waals surface area contributed by atoms with Gasteiger partial charge in [-0.25, -0.2) is 0 Å². The lowest BCUT2D eigenvalue weighted by Crippen LogP contribution is -2.43. The first-order valence-corrected chi connectivity index (χ1v) is 17.6. The summed E-state index contributed by atoms with van der Waals surface area (Å²) in [6.07, 6.45) is 41.7. The zero-order valence-corrected chi connectivity index (χ0v) is 26.6. The molecular weight excluding hydrogens is 478 g/mol. The smallest absolute Gasteiger partial charge is 0.0897 e. The molecule has 0 heterocycles. The minimum absolute atomic E-state index is 0.582. The van der Waals surface area contributed by atoms with Gasteiger partial charge in [0.2, 0.25) is 0 Å². The highest BCUT2D eigenvalue weighted by atomic mass is 16.3. The van der Waals surface area contributed by atoms with Crippen LogP contribution in [0.1, 0.15) is 187 Å². The van der Waals surface area contributed by atoms with E-state index < -0.39 is 18.2 Å². The van der Waals surface area contributed by atoms with Crippen molar-refractivity contribution >= 4 is 0 Å². The van der Waals surface area contributed by atoms with Gasteiger partial charge >= 0.3 is 0 Å². The Bertz CT molecular complexity index is 518. The van der Waals surface area contributed by atoms with Crippen molar-refractivity contribution < 1.29 is 10.2 Å². The Morgan fingerprint density at radius 2 is 0.795 bits per heavy atom. The Balaban J connectivity index is 3.52. The summed E-state index contributed by atoms with van der Waals surface area (Å²) >= 11 is 0. The largest absolute Gasteiger partial charge is 0.391 e. The number of nitrogens with two attached hydrogens (primary N) is 1. The predicted octanol–water partition coefficient (Wildman–Crippen LogP) is 10.7. The van der Waals surface area contributed by atoms with Crippen molar-refractivity contribution in [1.29, 1.82) is 0 Å². The number of unbranched alkanes of at least 4 members (excludes halogenated alkanes) is 23. The standard InChI is InChI=1S/C36H71NO2/c1-3-5-7-9-11-13-15-17-18-19-21-23-25-27-29-31-33-35(39)36(37)34(38)32-30-28-26-24-22-20-16-14-12-10-8-6-4-2/h17-18,30,32,34-36,38-39H,3-16,19-29,31,33,37H2,1-2H3. The van der Waals surface area contributed by atoms with Crippen LogP contribution in [0.2, 0.25) is 0 Å². The van der Waals surface area contributed by atoms with Gasteiger partial charge in [-0.2, -0.15) is 0 Å². The molecule has 0 fully saturated rings. The van der Waals surface area contributed by atoms with Gasteiger partial charge in [-0.3, -0.25) is 0 Å². The Morgan fingerprint density at radius 3 is 1.21 bits per heavy atom. The number of aliphatic hydroxyl groups excluding tert-OH is 2. The summed E-state index contributed by atoms with van der Waals surface area (Å²) in [5, 5.41) is 20.7. The molecule has 0 aliphatic rings. The van der Waals surface area contributed by atoms with E-state index >= 15 is 0 Å². The molecular formula is C36H71NO2. The second kappa shape index (κ2) is 31.9. The van der Waals surface area contributed by atoms with Crippen molar-refractivity contribution in [2.75, 3.05) is 0 Å². The van der Waals surface area contributed by atoms with Gasteiger partial charge in [0.1, 0.15) is 0 Å². The number of hydrogen-bond donors (Lipinski definition) is 3. The van der Waals surface area contributed by atoms with Crippen molar-refractivity contribution in [3.05, 3.63) is 24.3 Å². The van der Waals surface area contributed by atoms with Crippen molar-refractivity contribution in [3.8, 4) is 0 Å². The number of rotatable bonds is 31. The van der Waals surface area contributed by atoms with Crippen LogP contribution in [0, 0.1) is 0 Å². The third-order valence-electron chi connectivity index (χ3n) is 8.16. The van der Waals surface area contributed by atoms with Crippen molar-refractivity contribution in [3.63, 3.8) is 0 Å². The van der Waals surface area contributed by atoms with Crippen LogP contribution in [0.3, 0.4) is 0 Å². The number of hydrogen-bond acceptors (Lipinski definition) is 3. The van der Waals surface area contributed by atoms with Gasteiger partial charge in [0, 0.05) is 0 Å². The highest BCUT2D eigenvalue weighted by Crippen LogP contribution is 2.15. The summed E-state index contributed by atoms with van der Waals surface area (Å²) < 4.78 is 0. The second-order valence-electron chi connectivity index (χ2n) is 12.1. The Kier molecular flexibility index (Phi) is 31.4. The van der Waals surface area contributed by atoms with E-state index in [1.54, 1.807) is 6.08 Å². The molecule has 0 aromatic rings. The molecule has 0 amide bonds. The van der Waals surface area contributed by atoms with Gasteiger partial charge < -0.3 is 15.9 Å². The fraction of sp³-hybridized carbons (Fsp3) is 0.889. The van der Waals surface area contributed by atoms with Gasteiger partial charge in [-0.15, -0.1) is 0 Å². The van der Waals surface area contributed by atoms with E-state index in [0.29, 0.717) is 6.42 Å². The highest BCUT2D eigenvalue weighted by Gasteiger charge is 2.20. The lowest BCUT2D eigenvalue weighted by atomic mass is 9.98. The Morgan fingerprint density at radius 1 is 0.462 bits per heavy atom. The molecule has 0 saturated heterocycles. The van der Waals surface area contributed by atoms with E-state index in [0.717, 1.165) is 19.3 Å². The van der Waals surface area contributed by atoms with Crippen molar-refractivity contribution in [2.45, 2.75) is 205 Å². The van der Waals surface area contributed by atoms with Gasteiger partial charge in [0.25, 0.3) is 0 Å². The van der Waals surface area contributed by atoms with Crippen molar-refractivity contribution in [2.24, 2.45) is 5.73 Å². The summed E-state index contributed by atoms with van der Waals surface area (Å²) in [5.41, 5.74) is 6.12. The molecule has 3 atom stereocenters. The van der Waals surface area contributed by atoms with Gasteiger partial charge in [0.05, 0.1) is 18.2 Å². The average Bonchev–Trinajstić information content (AvgIpc) is 2.94. The van der Waals surface area contributed by atoms with Gasteiger partial charge in [0.15, 0.2) is 0 Å².